The first-order valence-corrected chi connectivity index (χ1v) is 10.6. The number of hydrogen-bond acceptors (Lipinski definition) is 4. The van der Waals surface area contributed by atoms with Gasteiger partial charge in [0.25, 0.3) is 0 Å². The normalized spacial score (nSPS) is 16.6. The molecule has 1 aliphatic rings. The van der Waals surface area contributed by atoms with Crippen LogP contribution in [0.15, 0.2) is 41.8 Å². The standard InChI is InChI=1S/C21H26N4OS/c1-3-25-18-8-5-4-7-17(18)23-21(25)24-12-10-16(11-13-24)20(26)22-15(2)19-9-6-14-27-19/h4-9,14-16H,3,10-13H2,1-2H3,(H,22,26). The minimum atomic E-state index is 0.0832. The number of carbonyl (C=O) groups is 1. The number of nitrogens with zero attached hydrogens (tertiary/aromatic N) is 3. The van der Waals surface area contributed by atoms with Crippen LogP contribution in [0.1, 0.15) is 37.6 Å². The molecule has 1 atom stereocenters. The molecule has 0 aliphatic carbocycles. The first kappa shape index (κ1) is 18.0. The molecule has 1 amide bonds. The van der Waals surface area contributed by atoms with Crippen LogP contribution in [-0.2, 0) is 11.3 Å². The Morgan fingerprint density at radius 1 is 1.26 bits per heavy atom. The summed E-state index contributed by atoms with van der Waals surface area (Å²) in [5.41, 5.74) is 2.22. The highest BCUT2D eigenvalue weighted by atomic mass is 32.1. The lowest BCUT2D eigenvalue weighted by Crippen LogP contribution is -2.42. The van der Waals surface area contributed by atoms with Gasteiger partial charge in [-0.25, -0.2) is 4.98 Å². The van der Waals surface area contributed by atoms with E-state index in [9.17, 15) is 4.79 Å². The van der Waals surface area contributed by atoms with E-state index in [1.54, 1.807) is 11.3 Å². The maximum absolute atomic E-state index is 12.7. The molecule has 1 saturated heterocycles. The summed E-state index contributed by atoms with van der Waals surface area (Å²) in [5, 5.41) is 5.23. The monoisotopic (exact) mass is 382 g/mol. The zero-order chi connectivity index (χ0) is 18.8. The molecular weight excluding hydrogens is 356 g/mol. The highest BCUT2D eigenvalue weighted by Gasteiger charge is 2.28. The van der Waals surface area contributed by atoms with Gasteiger partial charge in [0.2, 0.25) is 11.9 Å². The Labute approximate surface area is 164 Å². The molecule has 6 heteroatoms. The van der Waals surface area contributed by atoms with Gasteiger partial charge in [0.05, 0.1) is 17.1 Å². The summed E-state index contributed by atoms with van der Waals surface area (Å²) in [4.78, 5) is 21.0. The van der Waals surface area contributed by atoms with Crippen LogP contribution in [0.5, 0.6) is 0 Å². The number of aryl methyl sites for hydroxylation is 1. The van der Waals surface area contributed by atoms with Crippen molar-refractivity contribution in [2.75, 3.05) is 18.0 Å². The van der Waals surface area contributed by atoms with Crippen molar-refractivity contribution < 1.29 is 4.79 Å². The molecule has 1 N–H and O–H groups in total. The number of hydrogen-bond donors (Lipinski definition) is 1. The molecule has 3 aromatic rings. The second kappa shape index (κ2) is 7.72. The number of anilines is 1. The second-order valence-corrected chi connectivity index (χ2v) is 8.13. The Morgan fingerprint density at radius 2 is 2.04 bits per heavy atom. The summed E-state index contributed by atoms with van der Waals surface area (Å²) in [5.74, 6) is 1.30. The summed E-state index contributed by atoms with van der Waals surface area (Å²) in [6.07, 6.45) is 1.74. The average molecular weight is 383 g/mol. The molecule has 1 unspecified atom stereocenters. The lowest BCUT2D eigenvalue weighted by molar-refractivity contribution is -0.126. The lowest BCUT2D eigenvalue weighted by atomic mass is 9.95. The predicted molar refractivity (Wildman–Crippen MR) is 111 cm³/mol. The van der Waals surface area contributed by atoms with Gasteiger partial charge in [0.1, 0.15) is 0 Å². The summed E-state index contributed by atoms with van der Waals surface area (Å²) >= 11 is 1.69. The molecule has 1 fully saturated rings. The van der Waals surface area contributed by atoms with E-state index in [-0.39, 0.29) is 17.9 Å². The van der Waals surface area contributed by atoms with Gasteiger partial charge in [-0.2, -0.15) is 0 Å². The van der Waals surface area contributed by atoms with E-state index in [2.05, 4.69) is 58.3 Å². The molecule has 0 radical (unpaired) electrons. The Hall–Kier alpha value is -2.34. The number of rotatable bonds is 5. The number of benzene rings is 1. The van der Waals surface area contributed by atoms with E-state index in [1.807, 2.05) is 12.1 Å². The first-order valence-electron chi connectivity index (χ1n) is 9.71. The molecule has 5 nitrogen and oxygen atoms in total. The quantitative estimate of drug-likeness (QED) is 0.719. The number of fused-ring (bicyclic) bond motifs is 1. The Balaban J connectivity index is 1.41. The minimum absolute atomic E-state index is 0.0832. The van der Waals surface area contributed by atoms with E-state index in [4.69, 9.17) is 4.98 Å². The highest BCUT2D eigenvalue weighted by Crippen LogP contribution is 2.27. The van der Waals surface area contributed by atoms with Crippen LogP contribution in [0.3, 0.4) is 0 Å². The summed E-state index contributed by atoms with van der Waals surface area (Å²) in [6, 6.07) is 12.5. The zero-order valence-electron chi connectivity index (χ0n) is 15.9. The summed E-state index contributed by atoms with van der Waals surface area (Å²) in [6.45, 7) is 6.85. The third kappa shape index (κ3) is 3.58. The van der Waals surface area contributed by atoms with Gasteiger partial charge in [0.15, 0.2) is 0 Å². The van der Waals surface area contributed by atoms with Crippen molar-refractivity contribution >= 4 is 34.2 Å². The largest absolute Gasteiger partial charge is 0.349 e. The first-order chi connectivity index (χ1) is 13.2. The van der Waals surface area contributed by atoms with Crippen LogP contribution < -0.4 is 10.2 Å². The van der Waals surface area contributed by atoms with E-state index < -0.39 is 0 Å². The van der Waals surface area contributed by atoms with E-state index in [0.717, 1.165) is 43.9 Å². The SMILES string of the molecule is CCn1c(N2CCC(C(=O)NC(C)c3cccs3)CC2)nc2ccccc21. The third-order valence-electron chi connectivity index (χ3n) is 5.43. The molecule has 3 heterocycles. The maximum atomic E-state index is 12.7. The van der Waals surface area contributed by atoms with Crippen molar-refractivity contribution in [1.29, 1.82) is 0 Å². The molecule has 4 rings (SSSR count). The molecule has 1 aliphatic heterocycles. The van der Waals surface area contributed by atoms with Crippen LogP contribution >= 0.6 is 11.3 Å². The average Bonchev–Trinajstić information content (AvgIpc) is 3.35. The van der Waals surface area contributed by atoms with Crippen LogP contribution in [0.25, 0.3) is 11.0 Å². The Bertz CT molecular complexity index is 910. The number of carbonyl (C=O) groups excluding carboxylic acids is 1. The number of nitrogens with one attached hydrogen (secondary N) is 1. The Kier molecular flexibility index (Phi) is 5.16. The molecule has 0 saturated carbocycles. The fourth-order valence-electron chi connectivity index (χ4n) is 3.90. The maximum Gasteiger partial charge on any atom is 0.223 e. The van der Waals surface area contributed by atoms with Gasteiger partial charge >= 0.3 is 0 Å². The molecule has 27 heavy (non-hydrogen) atoms. The number of thiophene rings is 1. The number of amides is 1. The Morgan fingerprint density at radius 3 is 2.74 bits per heavy atom. The van der Waals surface area contributed by atoms with Gasteiger partial charge < -0.3 is 14.8 Å². The van der Waals surface area contributed by atoms with Gasteiger partial charge in [-0.15, -0.1) is 11.3 Å². The molecule has 142 valence electrons. The van der Waals surface area contributed by atoms with Crippen LogP contribution in [0, 0.1) is 5.92 Å². The lowest BCUT2D eigenvalue weighted by Gasteiger charge is -2.32. The molecule has 2 aromatic heterocycles. The van der Waals surface area contributed by atoms with Gasteiger partial charge in [-0.1, -0.05) is 18.2 Å². The van der Waals surface area contributed by atoms with Crippen molar-refractivity contribution in [2.24, 2.45) is 5.92 Å². The van der Waals surface area contributed by atoms with Crippen molar-refractivity contribution in [2.45, 2.75) is 39.3 Å². The van der Waals surface area contributed by atoms with Crippen molar-refractivity contribution in [3.63, 3.8) is 0 Å². The second-order valence-electron chi connectivity index (χ2n) is 7.15. The summed E-state index contributed by atoms with van der Waals surface area (Å²) < 4.78 is 2.27. The van der Waals surface area contributed by atoms with Crippen LogP contribution in [-0.4, -0.2) is 28.5 Å². The fraction of sp³-hybridized carbons (Fsp3) is 0.429. The van der Waals surface area contributed by atoms with E-state index >= 15 is 0 Å². The number of aromatic nitrogens is 2. The molecular formula is C21H26N4OS. The van der Waals surface area contributed by atoms with Gasteiger partial charge in [-0.05, 0) is 50.3 Å². The van der Waals surface area contributed by atoms with Crippen molar-refractivity contribution in [1.82, 2.24) is 14.9 Å². The van der Waals surface area contributed by atoms with Crippen LogP contribution in [0.4, 0.5) is 5.95 Å². The number of para-hydroxylation sites is 2. The van der Waals surface area contributed by atoms with Crippen LogP contribution in [0.2, 0.25) is 0 Å². The highest BCUT2D eigenvalue weighted by molar-refractivity contribution is 7.10. The topological polar surface area (TPSA) is 50.2 Å². The van der Waals surface area contributed by atoms with Crippen molar-refractivity contribution in [3.8, 4) is 0 Å². The smallest absolute Gasteiger partial charge is 0.223 e. The molecule has 1 aromatic carbocycles. The van der Waals surface area contributed by atoms with E-state index in [1.165, 1.54) is 10.4 Å². The minimum Gasteiger partial charge on any atom is -0.349 e. The zero-order valence-corrected chi connectivity index (χ0v) is 16.7. The fourth-order valence-corrected chi connectivity index (χ4v) is 4.63. The van der Waals surface area contributed by atoms with E-state index in [0.29, 0.717) is 0 Å². The molecule has 0 bridgehead atoms. The van der Waals surface area contributed by atoms with Gasteiger partial charge in [-0.3, -0.25) is 4.79 Å². The predicted octanol–water partition coefficient (Wildman–Crippen LogP) is 4.21. The van der Waals surface area contributed by atoms with Gasteiger partial charge in [0, 0.05) is 30.4 Å². The third-order valence-corrected chi connectivity index (χ3v) is 6.48. The summed E-state index contributed by atoms with van der Waals surface area (Å²) in [7, 11) is 0. The number of piperidine rings is 1. The van der Waals surface area contributed by atoms with Crippen molar-refractivity contribution in [3.05, 3.63) is 46.7 Å². The molecule has 0 spiro atoms. The number of imidazole rings is 1.